The smallest absolute Gasteiger partial charge is 0.209 e. The van der Waals surface area contributed by atoms with Gasteiger partial charge in [0.15, 0.2) is 0 Å². The van der Waals surface area contributed by atoms with Gasteiger partial charge in [0.25, 0.3) is 0 Å². The fourth-order valence-corrected chi connectivity index (χ4v) is 6.37. The van der Waals surface area contributed by atoms with Gasteiger partial charge in [-0.3, -0.25) is 4.79 Å². The topological polar surface area (TPSA) is 35.5 Å². The molecule has 3 nitrogen and oxygen atoms in total. The SMILES string of the molecule is COc1cccc(OC)c1C(=O)P(=S)(c1ccccc1)c1ccccc1. The van der Waals surface area contributed by atoms with Crippen LogP contribution in [0.3, 0.4) is 0 Å². The van der Waals surface area contributed by atoms with Crippen molar-refractivity contribution in [1.82, 2.24) is 0 Å². The monoisotopic (exact) mass is 382 g/mol. The standard InChI is InChI=1S/C21H19O3PS/c1-23-18-14-9-15-19(24-2)20(18)21(22)25(26,16-10-5-3-6-11-16)17-12-7-4-8-13-17/h3-15H,1-2H3. The van der Waals surface area contributed by atoms with Crippen molar-refractivity contribution in [2.75, 3.05) is 14.2 Å². The van der Waals surface area contributed by atoms with Crippen molar-refractivity contribution < 1.29 is 14.3 Å². The van der Waals surface area contributed by atoms with Gasteiger partial charge in [-0.05, 0) is 22.7 Å². The van der Waals surface area contributed by atoms with Crippen molar-refractivity contribution >= 4 is 34.0 Å². The van der Waals surface area contributed by atoms with Gasteiger partial charge < -0.3 is 9.47 Å². The molecule has 0 bridgehead atoms. The Labute approximate surface area is 158 Å². The molecular formula is C21H19O3PS. The molecule has 0 saturated carbocycles. The molecule has 3 rings (SSSR count). The molecule has 0 amide bonds. The first-order chi connectivity index (χ1) is 12.6. The lowest BCUT2D eigenvalue weighted by Crippen LogP contribution is -2.23. The number of methoxy groups -OCH3 is 2. The second kappa shape index (κ2) is 7.86. The molecule has 0 heterocycles. The van der Waals surface area contributed by atoms with Crippen LogP contribution in [-0.2, 0) is 11.8 Å². The molecule has 0 aliphatic carbocycles. The molecule has 5 heteroatoms. The van der Waals surface area contributed by atoms with Gasteiger partial charge in [-0.2, -0.15) is 0 Å². The number of carbonyl (C=O) groups excluding carboxylic acids is 1. The Morgan fingerprint density at radius 3 is 1.54 bits per heavy atom. The Hall–Kier alpha value is -2.42. The van der Waals surface area contributed by atoms with Gasteiger partial charge >= 0.3 is 0 Å². The van der Waals surface area contributed by atoms with Gasteiger partial charge in [0.05, 0.1) is 20.3 Å². The number of ether oxygens (including phenoxy) is 2. The summed E-state index contributed by atoms with van der Waals surface area (Å²) in [5.41, 5.74) is 0.257. The first-order valence-electron chi connectivity index (χ1n) is 8.10. The largest absolute Gasteiger partial charge is 0.496 e. The van der Waals surface area contributed by atoms with Crippen molar-refractivity contribution in [2.45, 2.75) is 0 Å². The number of hydrogen-bond donors (Lipinski definition) is 0. The lowest BCUT2D eigenvalue weighted by Gasteiger charge is -2.24. The predicted molar refractivity (Wildman–Crippen MR) is 110 cm³/mol. The van der Waals surface area contributed by atoms with E-state index in [1.807, 2.05) is 60.7 Å². The summed E-state index contributed by atoms with van der Waals surface area (Å²) >= 11 is 6.11. The molecule has 0 saturated heterocycles. The zero-order valence-electron chi connectivity index (χ0n) is 14.6. The van der Waals surface area contributed by atoms with Crippen molar-refractivity contribution in [1.29, 1.82) is 0 Å². The van der Waals surface area contributed by atoms with Gasteiger partial charge in [-0.15, -0.1) is 0 Å². The van der Waals surface area contributed by atoms with Crippen LogP contribution in [0.5, 0.6) is 11.5 Å². The molecule has 0 N–H and O–H groups in total. The minimum atomic E-state index is -2.78. The molecule has 0 fully saturated rings. The van der Waals surface area contributed by atoms with E-state index in [2.05, 4.69) is 0 Å². The van der Waals surface area contributed by atoms with Crippen LogP contribution in [0.15, 0.2) is 78.9 Å². The Morgan fingerprint density at radius 2 is 1.15 bits per heavy atom. The van der Waals surface area contributed by atoms with Crippen molar-refractivity contribution in [3.63, 3.8) is 0 Å². The fourth-order valence-electron chi connectivity index (χ4n) is 2.88. The van der Waals surface area contributed by atoms with Crippen LogP contribution in [0.1, 0.15) is 10.4 Å². The Bertz CT molecular complexity index is 890. The molecule has 0 aromatic heterocycles. The van der Waals surface area contributed by atoms with Gasteiger partial charge in [0.2, 0.25) is 5.52 Å². The van der Waals surface area contributed by atoms with E-state index in [9.17, 15) is 4.79 Å². The maximum atomic E-state index is 13.8. The van der Waals surface area contributed by atoms with Gasteiger partial charge in [-0.25, -0.2) is 0 Å². The predicted octanol–water partition coefficient (Wildman–Crippen LogP) is 3.97. The molecule has 0 spiro atoms. The van der Waals surface area contributed by atoms with Crippen LogP contribution in [0.4, 0.5) is 0 Å². The number of carbonyl (C=O) groups is 1. The van der Waals surface area contributed by atoms with Gasteiger partial charge in [0, 0.05) is 0 Å². The molecule has 0 atom stereocenters. The zero-order valence-corrected chi connectivity index (χ0v) is 16.3. The summed E-state index contributed by atoms with van der Waals surface area (Å²) in [6.45, 7) is 0. The van der Waals surface area contributed by atoms with E-state index in [1.165, 1.54) is 0 Å². The molecule has 3 aromatic carbocycles. The second-order valence-electron chi connectivity index (χ2n) is 5.62. The van der Waals surface area contributed by atoms with Crippen LogP contribution >= 0.6 is 6.04 Å². The molecule has 0 aliphatic rings. The quantitative estimate of drug-likeness (QED) is 0.605. The van der Waals surface area contributed by atoms with Crippen LogP contribution in [0.2, 0.25) is 0 Å². The second-order valence-corrected chi connectivity index (χ2v) is 9.92. The van der Waals surface area contributed by atoms with Crippen molar-refractivity contribution in [3.05, 3.63) is 84.4 Å². The fraction of sp³-hybridized carbons (Fsp3) is 0.0952. The Balaban J connectivity index is 2.29. The third kappa shape index (κ3) is 3.18. The highest BCUT2D eigenvalue weighted by Crippen LogP contribution is 2.50. The van der Waals surface area contributed by atoms with E-state index >= 15 is 0 Å². The first kappa shape index (κ1) is 18.4. The van der Waals surface area contributed by atoms with Crippen LogP contribution in [0.25, 0.3) is 0 Å². The molecule has 0 aliphatic heterocycles. The summed E-state index contributed by atoms with van der Waals surface area (Å²) in [6.07, 6.45) is 0. The molecule has 26 heavy (non-hydrogen) atoms. The van der Waals surface area contributed by atoms with E-state index in [0.717, 1.165) is 10.6 Å². The highest BCUT2D eigenvalue weighted by Gasteiger charge is 2.35. The van der Waals surface area contributed by atoms with E-state index in [1.54, 1.807) is 32.4 Å². The van der Waals surface area contributed by atoms with Crippen LogP contribution < -0.4 is 20.1 Å². The molecular weight excluding hydrogens is 363 g/mol. The average molecular weight is 382 g/mol. The number of rotatable bonds is 6. The summed E-state index contributed by atoms with van der Waals surface area (Å²) in [5.74, 6) is 0.936. The van der Waals surface area contributed by atoms with E-state index in [0.29, 0.717) is 17.1 Å². The minimum absolute atomic E-state index is 0.140. The normalized spacial score (nSPS) is 11.0. The minimum Gasteiger partial charge on any atom is -0.496 e. The van der Waals surface area contributed by atoms with Gasteiger partial charge in [0.1, 0.15) is 17.1 Å². The molecule has 0 radical (unpaired) electrons. The maximum absolute atomic E-state index is 13.8. The number of benzene rings is 3. The lowest BCUT2D eigenvalue weighted by atomic mass is 10.2. The summed E-state index contributed by atoms with van der Waals surface area (Å²) in [5, 5.41) is 1.69. The molecule has 0 unspecified atom stereocenters. The van der Waals surface area contributed by atoms with Crippen molar-refractivity contribution in [3.8, 4) is 11.5 Å². The number of hydrogen-bond acceptors (Lipinski definition) is 4. The Morgan fingerprint density at radius 1 is 0.731 bits per heavy atom. The maximum Gasteiger partial charge on any atom is 0.209 e. The zero-order chi connectivity index (χ0) is 18.6. The lowest BCUT2D eigenvalue weighted by molar-refractivity contribution is 0.107. The third-order valence-electron chi connectivity index (χ3n) is 4.17. The molecule has 3 aromatic rings. The summed E-state index contributed by atoms with van der Waals surface area (Å²) in [4.78, 5) is 13.8. The van der Waals surface area contributed by atoms with Crippen molar-refractivity contribution in [2.24, 2.45) is 0 Å². The average Bonchev–Trinajstić information content (AvgIpc) is 2.73. The summed E-state index contributed by atoms with van der Waals surface area (Å²) in [7, 11) is 3.08. The van der Waals surface area contributed by atoms with Crippen LogP contribution in [-0.4, -0.2) is 19.7 Å². The van der Waals surface area contributed by atoms with Crippen LogP contribution in [0, 0.1) is 0 Å². The van der Waals surface area contributed by atoms with E-state index in [-0.39, 0.29) is 5.52 Å². The first-order valence-corrected chi connectivity index (χ1v) is 10.9. The summed E-state index contributed by atoms with van der Waals surface area (Å²) < 4.78 is 10.9. The highest BCUT2D eigenvalue weighted by atomic mass is 32.4. The Kier molecular flexibility index (Phi) is 5.55. The highest BCUT2D eigenvalue weighted by molar-refractivity contribution is 8.30. The third-order valence-corrected chi connectivity index (χ3v) is 8.78. The van der Waals surface area contributed by atoms with Gasteiger partial charge in [-0.1, -0.05) is 78.5 Å². The van der Waals surface area contributed by atoms with E-state index < -0.39 is 6.04 Å². The summed E-state index contributed by atoms with van der Waals surface area (Å²) in [6, 6.07) is 21.7. The molecule has 132 valence electrons. The van der Waals surface area contributed by atoms with E-state index in [4.69, 9.17) is 21.3 Å².